The van der Waals surface area contributed by atoms with Crippen molar-refractivity contribution in [1.29, 1.82) is 0 Å². The van der Waals surface area contributed by atoms with Crippen LogP contribution in [-0.2, 0) is 0 Å². The molecular weight excluding hydrogens is 271 g/mol. The van der Waals surface area contributed by atoms with Gasteiger partial charge in [0.05, 0.1) is 20.3 Å². The van der Waals surface area contributed by atoms with E-state index in [1.165, 1.54) is 13.2 Å². The molecule has 0 fully saturated rings. The molecule has 0 saturated heterocycles. The highest BCUT2D eigenvalue weighted by atomic mass is 19.1. The zero-order chi connectivity index (χ0) is 15.4. The quantitative estimate of drug-likeness (QED) is 0.656. The largest absolute Gasteiger partial charge is 0.497 e. The normalized spacial score (nSPS) is 12.0. The minimum Gasteiger partial charge on any atom is -0.497 e. The fourth-order valence-electron chi connectivity index (χ4n) is 2.32. The van der Waals surface area contributed by atoms with Crippen LogP contribution in [-0.4, -0.2) is 14.2 Å². The molecule has 0 aliphatic rings. The molecule has 0 saturated carbocycles. The maximum absolute atomic E-state index is 13.5. The third-order valence-electron chi connectivity index (χ3n) is 3.46. The molecule has 2 aromatic carbocycles. The first kappa shape index (κ1) is 15.3. The first-order chi connectivity index (χ1) is 10.1. The van der Waals surface area contributed by atoms with Gasteiger partial charge in [0.15, 0.2) is 11.6 Å². The van der Waals surface area contributed by atoms with E-state index in [2.05, 4.69) is 5.43 Å². The molecule has 2 rings (SSSR count). The second kappa shape index (κ2) is 6.56. The Kier molecular flexibility index (Phi) is 4.77. The van der Waals surface area contributed by atoms with Crippen LogP contribution < -0.4 is 20.7 Å². The van der Waals surface area contributed by atoms with Gasteiger partial charge in [-0.05, 0) is 47.9 Å². The fourth-order valence-corrected chi connectivity index (χ4v) is 2.32. The molecule has 2 aromatic rings. The number of ether oxygens (including phenoxy) is 2. The van der Waals surface area contributed by atoms with Crippen molar-refractivity contribution in [3.05, 3.63) is 58.9 Å². The first-order valence-electron chi connectivity index (χ1n) is 6.54. The topological polar surface area (TPSA) is 56.5 Å². The molecule has 3 N–H and O–H groups in total. The Morgan fingerprint density at radius 2 is 1.86 bits per heavy atom. The zero-order valence-corrected chi connectivity index (χ0v) is 12.3. The number of aryl methyl sites for hydroxylation is 1. The van der Waals surface area contributed by atoms with E-state index in [4.69, 9.17) is 15.3 Å². The lowest BCUT2D eigenvalue weighted by Gasteiger charge is -2.20. The van der Waals surface area contributed by atoms with E-state index in [1.54, 1.807) is 19.2 Å². The lowest BCUT2D eigenvalue weighted by atomic mass is 9.95. The van der Waals surface area contributed by atoms with E-state index in [-0.39, 0.29) is 11.8 Å². The van der Waals surface area contributed by atoms with Crippen LogP contribution in [0.2, 0.25) is 0 Å². The summed E-state index contributed by atoms with van der Waals surface area (Å²) in [4.78, 5) is 0. The van der Waals surface area contributed by atoms with E-state index in [1.807, 2.05) is 25.1 Å². The molecule has 5 heteroatoms. The lowest BCUT2D eigenvalue weighted by molar-refractivity contribution is 0.385. The van der Waals surface area contributed by atoms with Crippen molar-refractivity contribution in [1.82, 2.24) is 5.43 Å². The summed E-state index contributed by atoms with van der Waals surface area (Å²) in [5, 5.41) is 0. The van der Waals surface area contributed by atoms with Crippen molar-refractivity contribution >= 4 is 0 Å². The highest BCUT2D eigenvalue weighted by Gasteiger charge is 2.17. The maximum Gasteiger partial charge on any atom is 0.165 e. The monoisotopic (exact) mass is 290 g/mol. The number of rotatable bonds is 5. The van der Waals surface area contributed by atoms with Crippen LogP contribution in [0.25, 0.3) is 0 Å². The van der Waals surface area contributed by atoms with Gasteiger partial charge >= 0.3 is 0 Å². The van der Waals surface area contributed by atoms with Crippen molar-refractivity contribution in [3.63, 3.8) is 0 Å². The smallest absolute Gasteiger partial charge is 0.165 e. The van der Waals surface area contributed by atoms with Gasteiger partial charge in [-0.3, -0.25) is 5.84 Å². The maximum atomic E-state index is 13.5. The summed E-state index contributed by atoms with van der Waals surface area (Å²) in [6.45, 7) is 1.98. The predicted octanol–water partition coefficient (Wildman–Crippen LogP) is 2.70. The summed E-state index contributed by atoms with van der Waals surface area (Å²) >= 11 is 0. The van der Waals surface area contributed by atoms with E-state index in [0.717, 1.165) is 22.4 Å². The number of nitrogens with two attached hydrogens (primary N) is 1. The molecule has 0 aromatic heterocycles. The summed E-state index contributed by atoms with van der Waals surface area (Å²) in [6, 6.07) is 10.2. The number of methoxy groups -OCH3 is 2. The van der Waals surface area contributed by atoms with E-state index in [0.29, 0.717) is 0 Å². The molecule has 0 aliphatic carbocycles. The highest BCUT2D eigenvalue weighted by Crippen LogP contribution is 2.30. The predicted molar refractivity (Wildman–Crippen MR) is 79.8 cm³/mol. The minimum atomic E-state index is -0.400. The minimum absolute atomic E-state index is 0.193. The molecule has 0 amide bonds. The van der Waals surface area contributed by atoms with Crippen molar-refractivity contribution in [3.8, 4) is 11.5 Å². The van der Waals surface area contributed by atoms with Gasteiger partial charge in [-0.1, -0.05) is 12.1 Å². The highest BCUT2D eigenvalue weighted by molar-refractivity contribution is 5.43. The Hall–Kier alpha value is -2.11. The SMILES string of the molecule is COc1ccc(C(NN)c2ccc(F)c(OC)c2)c(C)c1. The number of nitrogens with one attached hydrogen (secondary N) is 1. The number of benzene rings is 2. The van der Waals surface area contributed by atoms with E-state index in [9.17, 15) is 4.39 Å². The summed E-state index contributed by atoms with van der Waals surface area (Å²) in [6.07, 6.45) is 0. The Labute approximate surface area is 123 Å². The average molecular weight is 290 g/mol. The van der Waals surface area contributed by atoms with Crippen LogP contribution in [0.5, 0.6) is 11.5 Å². The molecule has 21 heavy (non-hydrogen) atoms. The second-order valence-corrected chi connectivity index (χ2v) is 4.72. The van der Waals surface area contributed by atoms with Gasteiger partial charge < -0.3 is 9.47 Å². The second-order valence-electron chi connectivity index (χ2n) is 4.72. The molecule has 0 heterocycles. The van der Waals surface area contributed by atoms with Crippen molar-refractivity contribution in [2.24, 2.45) is 5.84 Å². The molecule has 4 nitrogen and oxygen atoms in total. The first-order valence-corrected chi connectivity index (χ1v) is 6.54. The van der Waals surface area contributed by atoms with Gasteiger partial charge in [0, 0.05) is 0 Å². The third-order valence-corrected chi connectivity index (χ3v) is 3.46. The van der Waals surface area contributed by atoms with E-state index >= 15 is 0 Å². The molecular formula is C16H19FN2O2. The molecule has 0 aliphatic heterocycles. The summed E-state index contributed by atoms with van der Waals surface area (Å²) in [5.41, 5.74) is 5.61. The summed E-state index contributed by atoms with van der Waals surface area (Å²) in [5.74, 6) is 6.27. The standard InChI is InChI=1S/C16H19FN2O2/c1-10-8-12(20-2)5-6-13(10)16(19-18)11-4-7-14(17)15(9-11)21-3/h4-9,16,19H,18H2,1-3H3. The van der Waals surface area contributed by atoms with Gasteiger partial charge in [0.25, 0.3) is 0 Å². The number of hydrazine groups is 1. The van der Waals surface area contributed by atoms with Crippen LogP contribution in [0.4, 0.5) is 4.39 Å². The number of hydrogen-bond acceptors (Lipinski definition) is 4. The molecule has 112 valence electrons. The molecule has 1 unspecified atom stereocenters. The van der Waals surface area contributed by atoms with Crippen molar-refractivity contribution in [2.45, 2.75) is 13.0 Å². The third kappa shape index (κ3) is 3.15. The van der Waals surface area contributed by atoms with Crippen molar-refractivity contribution < 1.29 is 13.9 Å². The van der Waals surface area contributed by atoms with Crippen LogP contribution in [0, 0.1) is 12.7 Å². The fraction of sp³-hybridized carbons (Fsp3) is 0.250. The molecule has 0 spiro atoms. The van der Waals surface area contributed by atoms with Crippen LogP contribution in [0.3, 0.4) is 0 Å². The van der Waals surface area contributed by atoms with Gasteiger partial charge in [-0.25, -0.2) is 9.82 Å². The summed E-state index contributed by atoms with van der Waals surface area (Å²) in [7, 11) is 3.06. The number of halogens is 1. The Morgan fingerprint density at radius 1 is 1.10 bits per heavy atom. The zero-order valence-electron chi connectivity index (χ0n) is 12.3. The number of hydrogen-bond donors (Lipinski definition) is 2. The molecule has 0 bridgehead atoms. The average Bonchev–Trinajstić information content (AvgIpc) is 2.50. The summed E-state index contributed by atoms with van der Waals surface area (Å²) < 4.78 is 23.7. The van der Waals surface area contributed by atoms with Gasteiger partial charge in [0.2, 0.25) is 0 Å². The van der Waals surface area contributed by atoms with Gasteiger partial charge in [-0.2, -0.15) is 0 Å². The lowest BCUT2D eigenvalue weighted by Crippen LogP contribution is -2.29. The van der Waals surface area contributed by atoms with Crippen LogP contribution in [0.15, 0.2) is 36.4 Å². The Bertz CT molecular complexity index is 632. The van der Waals surface area contributed by atoms with E-state index < -0.39 is 5.82 Å². The van der Waals surface area contributed by atoms with Crippen LogP contribution in [0.1, 0.15) is 22.7 Å². The van der Waals surface area contributed by atoms with Crippen LogP contribution >= 0.6 is 0 Å². The Morgan fingerprint density at radius 3 is 2.43 bits per heavy atom. The van der Waals surface area contributed by atoms with Gasteiger partial charge in [0.1, 0.15) is 5.75 Å². The Balaban J connectivity index is 2.44. The van der Waals surface area contributed by atoms with Gasteiger partial charge in [-0.15, -0.1) is 0 Å². The molecule has 1 atom stereocenters. The molecule has 0 radical (unpaired) electrons. The van der Waals surface area contributed by atoms with Crippen molar-refractivity contribution in [2.75, 3.05) is 14.2 Å².